The number of nitro benzene ring substituents is 1. The fourth-order valence-electron chi connectivity index (χ4n) is 2.22. The van der Waals surface area contributed by atoms with Crippen LogP contribution in [-0.4, -0.2) is 29.2 Å². The smallest absolute Gasteiger partial charge is 0.321 e. The lowest BCUT2D eigenvalue weighted by Crippen LogP contribution is -2.38. The Hall–Kier alpha value is -2.93. The largest absolute Gasteiger partial charge is 0.497 e. The van der Waals surface area contributed by atoms with Crippen molar-refractivity contribution in [2.45, 2.75) is 19.0 Å². The number of ether oxygens (including phenoxy) is 1. The molecule has 24 heavy (non-hydrogen) atoms. The molecule has 0 saturated heterocycles. The van der Waals surface area contributed by atoms with Crippen LogP contribution in [0.3, 0.4) is 0 Å². The highest BCUT2D eigenvalue weighted by molar-refractivity contribution is 5.74. The third-order valence-corrected chi connectivity index (χ3v) is 3.60. The van der Waals surface area contributed by atoms with Crippen LogP contribution in [0.25, 0.3) is 0 Å². The van der Waals surface area contributed by atoms with Crippen molar-refractivity contribution in [2.75, 3.05) is 7.11 Å². The second-order valence-electron chi connectivity index (χ2n) is 5.25. The summed E-state index contributed by atoms with van der Waals surface area (Å²) < 4.78 is 5.08. The van der Waals surface area contributed by atoms with Gasteiger partial charge in [0.1, 0.15) is 11.8 Å². The van der Waals surface area contributed by atoms with E-state index in [-0.39, 0.29) is 12.1 Å². The van der Waals surface area contributed by atoms with Crippen molar-refractivity contribution < 1.29 is 19.6 Å². The fraction of sp³-hybridized carbons (Fsp3) is 0.235. The number of aliphatic carboxylic acids is 1. The van der Waals surface area contributed by atoms with Gasteiger partial charge in [0.05, 0.1) is 12.0 Å². The van der Waals surface area contributed by atoms with Crippen LogP contribution in [0.5, 0.6) is 5.75 Å². The lowest BCUT2D eigenvalue weighted by molar-refractivity contribution is -0.384. The van der Waals surface area contributed by atoms with E-state index in [0.717, 1.165) is 16.9 Å². The predicted octanol–water partition coefficient (Wildman–Crippen LogP) is 2.39. The molecular weight excluding hydrogens is 312 g/mol. The van der Waals surface area contributed by atoms with E-state index in [9.17, 15) is 20.0 Å². The Kier molecular flexibility index (Phi) is 5.86. The Morgan fingerprint density at radius 3 is 2.25 bits per heavy atom. The van der Waals surface area contributed by atoms with Crippen molar-refractivity contribution >= 4 is 11.7 Å². The van der Waals surface area contributed by atoms with Gasteiger partial charge in [-0.25, -0.2) is 0 Å². The molecule has 0 spiro atoms. The summed E-state index contributed by atoms with van der Waals surface area (Å²) >= 11 is 0. The number of hydrogen-bond donors (Lipinski definition) is 2. The molecule has 0 aliphatic rings. The molecular formula is C17H18N2O5. The first-order chi connectivity index (χ1) is 11.5. The highest BCUT2D eigenvalue weighted by atomic mass is 16.6. The SMILES string of the molecule is COc1ccc(CN[C@H](Cc2ccc([N+](=O)[O-])cc2)C(=O)O)cc1. The van der Waals surface area contributed by atoms with Crippen molar-refractivity contribution in [1.82, 2.24) is 5.32 Å². The molecule has 7 nitrogen and oxygen atoms in total. The van der Waals surface area contributed by atoms with E-state index in [2.05, 4.69) is 5.32 Å². The van der Waals surface area contributed by atoms with Gasteiger partial charge < -0.3 is 15.2 Å². The number of non-ortho nitro benzene ring substituents is 1. The topological polar surface area (TPSA) is 102 Å². The third kappa shape index (κ3) is 4.79. The van der Waals surface area contributed by atoms with Gasteiger partial charge in [0.2, 0.25) is 0 Å². The summed E-state index contributed by atoms with van der Waals surface area (Å²) in [4.78, 5) is 21.6. The lowest BCUT2D eigenvalue weighted by Gasteiger charge is -2.15. The van der Waals surface area contributed by atoms with Crippen molar-refractivity contribution in [3.63, 3.8) is 0 Å². The number of carbonyl (C=O) groups is 1. The van der Waals surface area contributed by atoms with Gasteiger partial charge >= 0.3 is 5.97 Å². The molecule has 0 unspecified atom stereocenters. The Labute approximate surface area is 139 Å². The molecule has 1 atom stereocenters. The molecule has 0 radical (unpaired) electrons. The second kappa shape index (κ2) is 8.07. The minimum absolute atomic E-state index is 0.0168. The highest BCUT2D eigenvalue weighted by Crippen LogP contribution is 2.14. The van der Waals surface area contributed by atoms with Crippen LogP contribution >= 0.6 is 0 Å². The minimum atomic E-state index is -0.970. The fourth-order valence-corrected chi connectivity index (χ4v) is 2.22. The zero-order valence-electron chi connectivity index (χ0n) is 13.1. The van der Waals surface area contributed by atoms with Gasteiger partial charge in [-0.15, -0.1) is 0 Å². The quantitative estimate of drug-likeness (QED) is 0.569. The number of hydrogen-bond acceptors (Lipinski definition) is 5. The molecule has 0 heterocycles. The first-order valence-corrected chi connectivity index (χ1v) is 7.32. The number of nitrogens with zero attached hydrogens (tertiary/aromatic N) is 1. The van der Waals surface area contributed by atoms with Gasteiger partial charge in [-0.1, -0.05) is 24.3 Å². The Morgan fingerprint density at radius 1 is 1.17 bits per heavy atom. The van der Waals surface area contributed by atoms with Gasteiger partial charge in [0, 0.05) is 18.7 Å². The number of nitrogens with one attached hydrogen (secondary N) is 1. The summed E-state index contributed by atoms with van der Waals surface area (Å²) in [6.45, 7) is 0.397. The first-order valence-electron chi connectivity index (χ1n) is 7.32. The number of carboxylic acids is 1. The number of benzene rings is 2. The normalized spacial score (nSPS) is 11.7. The van der Waals surface area contributed by atoms with Crippen LogP contribution in [0.4, 0.5) is 5.69 Å². The average molecular weight is 330 g/mol. The molecule has 0 amide bonds. The van der Waals surface area contributed by atoms with E-state index < -0.39 is 16.9 Å². The number of methoxy groups -OCH3 is 1. The zero-order valence-corrected chi connectivity index (χ0v) is 13.1. The van der Waals surface area contributed by atoms with Gasteiger partial charge in [-0.3, -0.25) is 14.9 Å². The van der Waals surface area contributed by atoms with E-state index in [1.807, 2.05) is 24.3 Å². The van der Waals surface area contributed by atoms with Crippen LogP contribution in [-0.2, 0) is 17.8 Å². The Bertz CT molecular complexity index is 698. The standard InChI is InChI=1S/C17H18N2O5/c1-24-15-8-4-13(5-9-15)11-18-16(17(20)21)10-12-2-6-14(7-3-12)19(22)23/h2-9,16,18H,10-11H2,1H3,(H,20,21)/t16-/m1/s1. The van der Waals surface area contributed by atoms with Crippen LogP contribution in [0.15, 0.2) is 48.5 Å². The van der Waals surface area contributed by atoms with E-state index >= 15 is 0 Å². The predicted molar refractivity (Wildman–Crippen MR) is 88.1 cm³/mol. The first kappa shape index (κ1) is 17.4. The Balaban J connectivity index is 1.98. The van der Waals surface area contributed by atoms with Gasteiger partial charge in [0.15, 0.2) is 0 Å². The van der Waals surface area contributed by atoms with E-state index in [1.54, 1.807) is 19.2 Å². The third-order valence-electron chi connectivity index (χ3n) is 3.60. The summed E-state index contributed by atoms with van der Waals surface area (Å²) in [5, 5.41) is 23.0. The molecule has 0 fully saturated rings. The minimum Gasteiger partial charge on any atom is -0.497 e. The number of rotatable bonds is 8. The molecule has 2 rings (SSSR count). The van der Waals surface area contributed by atoms with Crippen LogP contribution in [0.1, 0.15) is 11.1 Å². The average Bonchev–Trinajstić information content (AvgIpc) is 2.59. The molecule has 0 aliphatic heterocycles. The van der Waals surface area contributed by atoms with Crippen molar-refractivity contribution in [3.8, 4) is 5.75 Å². The van der Waals surface area contributed by atoms with Crippen molar-refractivity contribution in [1.29, 1.82) is 0 Å². The summed E-state index contributed by atoms with van der Waals surface area (Å²) in [5.41, 5.74) is 1.64. The van der Waals surface area contributed by atoms with Gasteiger partial charge in [-0.05, 0) is 29.7 Å². The van der Waals surface area contributed by atoms with Gasteiger partial charge in [-0.2, -0.15) is 0 Å². The molecule has 7 heteroatoms. The van der Waals surface area contributed by atoms with Crippen LogP contribution in [0, 0.1) is 10.1 Å². The number of carboxylic acid groups (broad SMARTS) is 1. The maximum Gasteiger partial charge on any atom is 0.321 e. The summed E-state index contributed by atoms with van der Waals surface area (Å²) in [6.07, 6.45) is 0.240. The van der Waals surface area contributed by atoms with E-state index in [0.29, 0.717) is 6.54 Å². The second-order valence-corrected chi connectivity index (χ2v) is 5.25. The summed E-state index contributed by atoms with van der Waals surface area (Å²) in [6, 6.07) is 12.4. The Morgan fingerprint density at radius 2 is 1.75 bits per heavy atom. The maximum atomic E-state index is 11.4. The molecule has 2 aromatic rings. The molecule has 2 N–H and O–H groups in total. The van der Waals surface area contributed by atoms with Crippen molar-refractivity contribution in [3.05, 3.63) is 69.8 Å². The summed E-state index contributed by atoms with van der Waals surface area (Å²) in [5.74, 6) is -0.235. The van der Waals surface area contributed by atoms with E-state index in [1.165, 1.54) is 12.1 Å². The van der Waals surface area contributed by atoms with Gasteiger partial charge in [0.25, 0.3) is 5.69 Å². The molecule has 0 aromatic heterocycles. The van der Waals surface area contributed by atoms with E-state index in [4.69, 9.17) is 4.74 Å². The zero-order chi connectivity index (χ0) is 17.5. The lowest BCUT2D eigenvalue weighted by atomic mass is 10.1. The molecule has 0 aliphatic carbocycles. The number of nitro groups is 1. The summed E-state index contributed by atoms with van der Waals surface area (Å²) in [7, 11) is 1.58. The monoisotopic (exact) mass is 330 g/mol. The molecule has 0 bridgehead atoms. The van der Waals surface area contributed by atoms with Crippen LogP contribution < -0.4 is 10.1 Å². The maximum absolute atomic E-state index is 11.4. The van der Waals surface area contributed by atoms with Crippen molar-refractivity contribution in [2.24, 2.45) is 0 Å². The highest BCUT2D eigenvalue weighted by Gasteiger charge is 2.18. The molecule has 0 saturated carbocycles. The molecule has 126 valence electrons. The van der Waals surface area contributed by atoms with Crippen LogP contribution in [0.2, 0.25) is 0 Å². The molecule has 2 aromatic carbocycles.